The minimum Gasteiger partial charge on any atom is -0.383 e. The molecule has 0 spiro atoms. The molecule has 1 unspecified atom stereocenters. The van der Waals surface area contributed by atoms with Crippen molar-refractivity contribution in [2.24, 2.45) is 10.7 Å². The van der Waals surface area contributed by atoms with Gasteiger partial charge in [-0.2, -0.15) is 0 Å². The van der Waals surface area contributed by atoms with E-state index in [1.807, 2.05) is 6.92 Å². The number of halogens is 2. The van der Waals surface area contributed by atoms with E-state index in [1.165, 1.54) is 6.07 Å². The van der Waals surface area contributed by atoms with Crippen LogP contribution in [0.4, 0.5) is 4.39 Å². The molecule has 0 aliphatic rings. The highest BCUT2D eigenvalue weighted by Crippen LogP contribution is 2.08. The molecule has 6 nitrogen and oxygen atoms in total. The van der Waals surface area contributed by atoms with Crippen molar-refractivity contribution in [3.05, 3.63) is 35.1 Å². The molecule has 0 saturated heterocycles. The van der Waals surface area contributed by atoms with Gasteiger partial charge in [-0.25, -0.2) is 4.39 Å². The normalized spacial score (nSPS) is 12.3. The molecule has 1 atom stereocenters. The van der Waals surface area contributed by atoms with E-state index in [0.717, 1.165) is 0 Å². The van der Waals surface area contributed by atoms with Crippen LogP contribution < -0.4 is 16.4 Å². The lowest BCUT2D eigenvalue weighted by Crippen LogP contribution is -2.41. The lowest BCUT2D eigenvalue weighted by Gasteiger charge is -2.13. The third-order valence-electron chi connectivity index (χ3n) is 2.92. The first-order valence-electron chi connectivity index (χ1n) is 7.03. The number of nitrogens with one attached hydrogen (secondary N) is 2. The van der Waals surface area contributed by atoms with Crippen molar-refractivity contribution in [2.75, 3.05) is 26.8 Å². The lowest BCUT2D eigenvalue weighted by atomic mass is 10.1. The Morgan fingerprint density at radius 2 is 2.17 bits per heavy atom. The van der Waals surface area contributed by atoms with Crippen LogP contribution in [-0.4, -0.2) is 44.7 Å². The number of methoxy groups -OCH3 is 1. The predicted octanol–water partition coefficient (Wildman–Crippen LogP) is 1.42. The molecule has 1 amide bonds. The van der Waals surface area contributed by atoms with Gasteiger partial charge >= 0.3 is 0 Å². The Bertz CT molecular complexity index is 540. The molecule has 0 radical (unpaired) electrons. The monoisotopic (exact) mass is 438 g/mol. The first-order valence-corrected chi connectivity index (χ1v) is 7.03. The van der Waals surface area contributed by atoms with Crippen LogP contribution in [0.5, 0.6) is 0 Å². The number of aryl methyl sites for hydroxylation is 1. The Morgan fingerprint density at radius 3 is 2.78 bits per heavy atom. The Labute approximate surface area is 153 Å². The van der Waals surface area contributed by atoms with E-state index in [-0.39, 0.29) is 41.5 Å². The number of ether oxygens (including phenoxy) is 1. The number of carbonyl (C=O) groups is 1. The lowest BCUT2D eigenvalue weighted by molar-refractivity contribution is 0.0954. The molecule has 4 N–H and O–H groups in total. The molecule has 1 rings (SSSR count). The summed E-state index contributed by atoms with van der Waals surface area (Å²) in [5, 5.41) is 5.61. The average molecular weight is 438 g/mol. The number of nitrogens with zero attached hydrogens (tertiary/aromatic N) is 1. The summed E-state index contributed by atoms with van der Waals surface area (Å²) in [5.41, 5.74) is 6.48. The van der Waals surface area contributed by atoms with Crippen LogP contribution in [0.15, 0.2) is 23.2 Å². The van der Waals surface area contributed by atoms with E-state index < -0.39 is 5.82 Å². The summed E-state index contributed by atoms with van der Waals surface area (Å²) in [7, 11) is 1.61. The van der Waals surface area contributed by atoms with E-state index in [1.54, 1.807) is 26.2 Å². The molecular formula is C15H24FIN4O2. The summed E-state index contributed by atoms with van der Waals surface area (Å²) < 4.78 is 18.3. The molecule has 1 aromatic carbocycles. The highest BCUT2D eigenvalue weighted by Gasteiger charge is 2.07. The topological polar surface area (TPSA) is 88.7 Å². The zero-order chi connectivity index (χ0) is 16.5. The van der Waals surface area contributed by atoms with Gasteiger partial charge < -0.3 is 21.1 Å². The second kappa shape index (κ2) is 11.2. The summed E-state index contributed by atoms with van der Waals surface area (Å²) in [6.45, 7) is 4.73. The number of aliphatic imine (C=N–C) groups is 1. The first-order chi connectivity index (χ1) is 10.4. The van der Waals surface area contributed by atoms with Crippen LogP contribution in [-0.2, 0) is 4.74 Å². The van der Waals surface area contributed by atoms with Gasteiger partial charge in [0.15, 0.2) is 5.96 Å². The number of hydrogen-bond donors (Lipinski definition) is 3. The number of rotatable bonds is 7. The summed E-state index contributed by atoms with van der Waals surface area (Å²) in [5.74, 6) is -0.445. The number of guanidine groups is 1. The minimum atomic E-state index is -0.397. The molecule has 1 aromatic rings. The minimum absolute atomic E-state index is 0. The second-order valence-electron chi connectivity index (χ2n) is 4.99. The maximum absolute atomic E-state index is 13.4. The van der Waals surface area contributed by atoms with Gasteiger partial charge in [-0.05, 0) is 31.5 Å². The van der Waals surface area contributed by atoms with E-state index in [0.29, 0.717) is 31.2 Å². The SMILES string of the molecule is COCC(C)NC(N)=NCCNC(=O)c1ccc(C)c(F)c1.I. The number of amides is 1. The van der Waals surface area contributed by atoms with Gasteiger partial charge in [-0.15, -0.1) is 24.0 Å². The van der Waals surface area contributed by atoms with Crippen molar-refractivity contribution in [1.29, 1.82) is 0 Å². The first kappa shape index (κ1) is 21.6. The highest BCUT2D eigenvalue weighted by atomic mass is 127. The third-order valence-corrected chi connectivity index (χ3v) is 2.92. The maximum atomic E-state index is 13.4. The molecular weight excluding hydrogens is 414 g/mol. The Balaban J connectivity index is 0.00000484. The molecule has 0 saturated carbocycles. The van der Waals surface area contributed by atoms with Crippen LogP contribution in [0, 0.1) is 12.7 Å². The van der Waals surface area contributed by atoms with Crippen LogP contribution in [0.3, 0.4) is 0 Å². The fourth-order valence-corrected chi connectivity index (χ4v) is 1.77. The summed E-state index contributed by atoms with van der Waals surface area (Å²) in [6, 6.07) is 4.43. The van der Waals surface area contributed by atoms with Crippen molar-refractivity contribution < 1.29 is 13.9 Å². The van der Waals surface area contributed by atoms with Gasteiger partial charge in [0.2, 0.25) is 0 Å². The Morgan fingerprint density at radius 1 is 1.48 bits per heavy atom. The van der Waals surface area contributed by atoms with Gasteiger partial charge in [0.05, 0.1) is 13.2 Å². The van der Waals surface area contributed by atoms with Gasteiger partial charge in [0, 0.05) is 25.3 Å². The molecule has 0 heterocycles. The zero-order valence-corrected chi connectivity index (χ0v) is 15.9. The summed E-state index contributed by atoms with van der Waals surface area (Å²) in [4.78, 5) is 15.9. The van der Waals surface area contributed by atoms with E-state index >= 15 is 0 Å². The largest absolute Gasteiger partial charge is 0.383 e. The van der Waals surface area contributed by atoms with Crippen LogP contribution in [0.2, 0.25) is 0 Å². The van der Waals surface area contributed by atoms with Gasteiger partial charge in [0.25, 0.3) is 5.91 Å². The highest BCUT2D eigenvalue weighted by molar-refractivity contribution is 14.0. The predicted molar refractivity (Wildman–Crippen MR) is 99.8 cm³/mol. The van der Waals surface area contributed by atoms with Crippen molar-refractivity contribution in [3.63, 3.8) is 0 Å². The molecule has 8 heteroatoms. The number of carbonyl (C=O) groups excluding carboxylic acids is 1. The quantitative estimate of drug-likeness (QED) is 0.260. The number of hydrogen-bond acceptors (Lipinski definition) is 3. The molecule has 0 aliphatic carbocycles. The smallest absolute Gasteiger partial charge is 0.251 e. The number of nitrogens with two attached hydrogens (primary N) is 1. The van der Waals surface area contributed by atoms with E-state index in [2.05, 4.69) is 15.6 Å². The van der Waals surface area contributed by atoms with Gasteiger partial charge in [0.1, 0.15) is 5.82 Å². The zero-order valence-electron chi connectivity index (χ0n) is 13.6. The fourth-order valence-electron chi connectivity index (χ4n) is 1.77. The van der Waals surface area contributed by atoms with Crippen molar-refractivity contribution in [3.8, 4) is 0 Å². The third kappa shape index (κ3) is 8.12. The van der Waals surface area contributed by atoms with Gasteiger partial charge in [-0.1, -0.05) is 6.07 Å². The Hall–Kier alpha value is -1.42. The van der Waals surface area contributed by atoms with E-state index in [9.17, 15) is 9.18 Å². The summed E-state index contributed by atoms with van der Waals surface area (Å²) in [6.07, 6.45) is 0. The molecule has 23 heavy (non-hydrogen) atoms. The second-order valence-corrected chi connectivity index (χ2v) is 4.99. The van der Waals surface area contributed by atoms with Crippen LogP contribution in [0.25, 0.3) is 0 Å². The Kier molecular flexibility index (Phi) is 10.5. The van der Waals surface area contributed by atoms with Crippen molar-refractivity contribution >= 4 is 35.8 Å². The summed E-state index contributed by atoms with van der Waals surface area (Å²) >= 11 is 0. The standard InChI is InChI=1S/C15H23FN4O2.HI/c1-10-4-5-12(8-13(10)16)14(21)18-6-7-19-15(17)20-11(2)9-22-3;/h4-5,8,11H,6-7,9H2,1-3H3,(H,18,21)(H3,17,19,20);1H. The molecule has 0 bridgehead atoms. The molecule has 130 valence electrons. The maximum Gasteiger partial charge on any atom is 0.251 e. The van der Waals surface area contributed by atoms with E-state index in [4.69, 9.17) is 10.5 Å². The average Bonchev–Trinajstić information content (AvgIpc) is 2.46. The molecule has 0 fully saturated rings. The van der Waals surface area contributed by atoms with Crippen molar-refractivity contribution in [2.45, 2.75) is 19.9 Å². The number of benzene rings is 1. The van der Waals surface area contributed by atoms with Crippen molar-refractivity contribution in [1.82, 2.24) is 10.6 Å². The fraction of sp³-hybridized carbons (Fsp3) is 0.467. The van der Waals surface area contributed by atoms with Crippen LogP contribution in [0.1, 0.15) is 22.8 Å². The molecule has 0 aliphatic heterocycles. The molecule has 0 aromatic heterocycles. The van der Waals surface area contributed by atoms with Gasteiger partial charge in [-0.3, -0.25) is 9.79 Å². The van der Waals surface area contributed by atoms with Crippen LogP contribution >= 0.6 is 24.0 Å².